The van der Waals surface area contributed by atoms with Crippen LogP contribution in [0.3, 0.4) is 0 Å². The van der Waals surface area contributed by atoms with E-state index in [0.29, 0.717) is 19.5 Å². The lowest BCUT2D eigenvalue weighted by atomic mass is 10.0. The number of likely N-dealkylation sites (N-methyl/N-ethyl adjacent to an activating group) is 1. The van der Waals surface area contributed by atoms with E-state index >= 15 is 0 Å². The molecule has 6 nitrogen and oxygen atoms in total. The van der Waals surface area contributed by atoms with Crippen LogP contribution >= 0.6 is 0 Å². The minimum atomic E-state index is -3.39. The molecule has 0 N–H and O–H groups in total. The van der Waals surface area contributed by atoms with E-state index in [0.717, 1.165) is 38.5 Å². The van der Waals surface area contributed by atoms with E-state index in [1.165, 1.54) is 94.2 Å². The molecule has 0 aliphatic heterocycles. The second-order valence-electron chi connectivity index (χ2n) is 12.1. The van der Waals surface area contributed by atoms with Crippen molar-refractivity contribution in [3.05, 3.63) is 0 Å². The van der Waals surface area contributed by atoms with Gasteiger partial charge in [-0.15, -0.1) is 0 Å². The monoisotopic (exact) mass is 588 g/mol. The minimum absolute atomic E-state index is 0.0377. The molecule has 1 unspecified atom stereocenters. The van der Waals surface area contributed by atoms with Gasteiger partial charge in [-0.3, -0.25) is 4.79 Å². The number of sulfonamides is 1. The topological polar surface area (TPSA) is 66.9 Å². The fourth-order valence-electron chi connectivity index (χ4n) is 5.10. The van der Waals surface area contributed by atoms with Gasteiger partial charge in [0.25, 0.3) is 0 Å². The number of hydrogen-bond donors (Lipinski definition) is 0. The lowest BCUT2D eigenvalue weighted by molar-refractivity contribution is -0.150. The first-order valence-electron chi connectivity index (χ1n) is 17.1. The summed E-state index contributed by atoms with van der Waals surface area (Å²) in [4.78, 5) is 14.9. The molecule has 0 amide bonds. The molecule has 0 aromatic carbocycles. The highest BCUT2D eigenvalue weighted by Crippen LogP contribution is 2.18. The third kappa shape index (κ3) is 24.0. The summed E-state index contributed by atoms with van der Waals surface area (Å²) in [6.07, 6.45) is 24.4. The van der Waals surface area contributed by atoms with E-state index in [-0.39, 0.29) is 30.8 Å². The Kier molecular flexibility index (Phi) is 26.7. The van der Waals surface area contributed by atoms with Gasteiger partial charge >= 0.3 is 5.97 Å². The van der Waals surface area contributed by atoms with Gasteiger partial charge in [-0.2, -0.15) is 0 Å². The van der Waals surface area contributed by atoms with E-state index in [4.69, 9.17) is 4.74 Å². The van der Waals surface area contributed by atoms with E-state index < -0.39 is 10.0 Å². The summed E-state index contributed by atoms with van der Waals surface area (Å²) in [5, 5.41) is 0. The van der Waals surface area contributed by atoms with Crippen molar-refractivity contribution in [3.8, 4) is 0 Å². The molecule has 0 aromatic rings. The number of esters is 1. The quantitative estimate of drug-likeness (QED) is 0.0620. The SMILES string of the molecule is CCCCCCCCCC(CCCCCCCC)OC(=O)CCN(CCN(C)C)S(=O)(=O)CCCCCCCC. The molecule has 0 heterocycles. The van der Waals surface area contributed by atoms with Crippen molar-refractivity contribution < 1.29 is 17.9 Å². The van der Waals surface area contributed by atoms with Crippen LogP contribution in [-0.4, -0.2) is 69.2 Å². The van der Waals surface area contributed by atoms with Gasteiger partial charge < -0.3 is 9.64 Å². The lowest BCUT2D eigenvalue weighted by Gasteiger charge is -2.24. The number of nitrogens with zero attached hydrogens (tertiary/aromatic N) is 2. The fraction of sp³-hybridized carbons (Fsp3) is 0.970. The maximum Gasteiger partial charge on any atom is 0.307 e. The number of carbonyl (C=O) groups is 1. The van der Waals surface area contributed by atoms with Crippen LogP contribution in [0.4, 0.5) is 0 Å². The summed E-state index contributed by atoms with van der Waals surface area (Å²) in [6.45, 7) is 7.94. The largest absolute Gasteiger partial charge is 0.462 e. The molecule has 1 atom stereocenters. The highest BCUT2D eigenvalue weighted by Gasteiger charge is 2.23. The fourth-order valence-corrected chi connectivity index (χ4v) is 6.66. The maximum absolute atomic E-state index is 13.1. The van der Waals surface area contributed by atoms with Crippen LogP contribution in [0.1, 0.15) is 162 Å². The van der Waals surface area contributed by atoms with Crippen LogP contribution in [-0.2, 0) is 19.6 Å². The molecule has 0 fully saturated rings. The van der Waals surface area contributed by atoms with E-state index in [1.807, 2.05) is 19.0 Å². The third-order valence-electron chi connectivity index (χ3n) is 7.82. The highest BCUT2D eigenvalue weighted by atomic mass is 32.2. The Balaban J connectivity index is 4.83. The number of rotatable bonds is 30. The summed E-state index contributed by atoms with van der Waals surface area (Å²) < 4.78 is 33.8. The van der Waals surface area contributed by atoms with Crippen LogP contribution in [0, 0.1) is 0 Å². The van der Waals surface area contributed by atoms with Gasteiger partial charge in [-0.05, 0) is 46.2 Å². The lowest BCUT2D eigenvalue weighted by Crippen LogP contribution is -2.39. The number of unbranched alkanes of at least 4 members (excludes halogenated alkanes) is 16. The Labute approximate surface area is 250 Å². The molecular formula is C33H68N2O4S. The predicted octanol–water partition coefficient (Wildman–Crippen LogP) is 8.73. The third-order valence-corrected chi connectivity index (χ3v) is 9.78. The molecule has 0 saturated carbocycles. The zero-order valence-electron chi connectivity index (χ0n) is 27.4. The zero-order chi connectivity index (χ0) is 29.9. The maximum atomic E-state index is 13.1. The Hall–Kier alpha value is -0.660. The molecule has 0 saturated heterocycles. The smallest absolute Gasteiger partial charge is 0.307 e. The molecule has 7 heteroatoms. The Morgan fingerprint density at radius 2 is 1.02 bits per heavy atom. The molecule has 40 heavy (non-hydrogen) atoms. The summed E-state index contributed by atoms with van der Waals surface area (Å²) >= 11 is 0. The van der Waals surface area contributed by atoms with Crippen molar-refractivity contribution in [2.24, 2.45) is 0 Å². The van der Waals surface area contributed by atoms with Crippen LogP contribution in [0.5, 0.6) is 0 Å². The molecular weight excluding hydrogens is 520 g/mol. The molecule has 240 valence electrons. The second-order valence-corrected chi connectivity index (χ2v) is 14.2. The molecule has 0 bridgehead atoms. The first kappa shape index (κ1) is 39.3. The predicted molar refractivity (Wildman–Crippen MR) is 172 cm³/mol. The summed E-state index contributed by atoms with van der Waals surface area (Å²) in [6, 6.07) is 0. The zero-order valence-corrected chi connectivity index (χ0v) is 28.2. The van der Waals surface area contributed by atoms with Crippen LogP contribution in [0.2, 0.25) is 0 Å². The standard InChI is InChI=1S/C33H68N2O4S/c1-6-9-12-15-18-20-23-26-32(25-22-19-16-13-10-7-2)39-33(36)27-28-35(30-29-34(4)5)40(37,38)31-24-21-17-14-11-8-3/h32H,6-31H2,1-5H3. The van der Waals surface area contributed by atoms with Crippen LogP contribution in [0.15, 0.2) is 0 Å². The van der Waals surface area contributed by atoms with Crippen molar-refractivity contribution in [2.45, 2.75) is 168 Å². The van der Waals surface area contributed by atoms with Gasteiger partial charge in [0.2, 0.25) is 10.0 Å². The summed E-state index contributed by atoms with van der Waals surface area (Å²) in [5.74, 6) is -0.0795. The van der Waals surface area contributed by atoms with E-state index in [2.05, 4.69) is 20.8 Å². The van der Waals surface area contributed by atoms with Gasteiger partial charge in [-0.25, -0.2) is 12.7 Å². The normalized spacial score (nSPS) is 12.9. The van der Waals surface area contributed by atoms with Gasteiger partial charge in [0, 0.05) is 19.6 Å². The Morgan fingerprint density at radius 3 is 1.48 bits per heavy atom. The van der Waals surface area contributed by atoms with Crippen molar-refractivity contribution in [1.29, 1.82) is 0 Å². The van der Waals surface area contributed by atoms with Gasteiger partial charge in [0.15, 0.2) is 0 Å². The Bertz CT molecular complexity index is 669. The average Bonchev–Trinajstić information content (AvgIpc) is 2.91. The number of ether oxygens (including phenoxy) is 1. The Morgan fingerprint density at radius 1 is 0.600 bits per heavy atom. The molecule has 0 radical (unpaired) electrons. The first-order chi connectivity index (χ1) is 19.3. The van der Waals surface area contributed by atoms with Crippen molar-refractivity contribution in [2.75, 3.05) is 39.5 Å². The molecule has 0 aliphatic carbocycles. The van der Waals surface area contributed by atoms with Crippen LogP contribution in [0.25, 0.3) is 0 Å². The average molecular weight is 589 g/mol. The van der Waals surface area contributed by atoms with Gasteiger partial charge in [0.1, 0.15) is 6.10 Å². The van der Waals surface area contributed by atoms with E-state index in [1.54, 1.807) is 0 Å². The van der Waals surface area contributed by atoms with Crippen LogP contribution < -0.4 is 0 Å². The van der Waals surface area contributed by atoms with Crippen molar-refractivity contribution in [3.63, 3.8) is 0 Å². The van der Waals surface area contributed by atoms with E-state index in [9.17, 15) is 13.2 Å². The highest BCUT2D eigenvalue weighted by molar-refractivity contribution is 7.89. The summed E-state index contributed by atoms with van der Waals surface area (Å²) in [5.41, 5.74) is 0. The van der Waals surface area contributed by atoms with Gasteiger partial charge in [-0.1, -0.05) is 124 Å². The molecule has 0 aliphatic rings. The number of hydrogen-bond acceptors (Lipinski definition) is 5. The van der Waals surface area contributed by atoms with Crippen molar-refractivity contribution >= 4 is 16.0 Å². The first-order valence-corrected chi connectivity index (χ1v) is 18.7. The minimum Gasteiger partial charge on any atom is -0.462 e. The molecule has 0 spiro atoms. The summed E-state index contributed by atoms with van der Waals surface area (Å²) in [7, 11) is 0.507. The molecule has 0 aromatic heterocycles. The second kappa shape index (κ2) is 27.2. The van der Waals surface area contributed by atoms with Gasteiger partial charge in [0.05, 0.1) is 12.2 Å². The number of carbonyl (C=O) groups excluding carboxylic acids is 1. The molecule has 0 rings (SSSR count). The van der Waals surface area contributed by atoms with Crippen molar-refractivity contribution in [1.82, 2.24) is 9.21 Å².